The second-order valence-corrected chi connectivity index (χ2v) is 7.18. The van der Waals surface area contributed by atoms with Gasteiger partial charge in [-0.3, -0.25) is 19.7 Å². The van der Waals surface area contributed by atoms with Gasteiger partial charge in [0.1, 0.15) is 5.58 Å². The lowest BCUT2D eigenvalue weighted by molar-refractivity contribution is -0.125. The number of carbonyl (C=O) groups is 3. The first-order valence-electron chi connectivity index (χ1n) is 8.33. The number of hydrogen-bond acceptors (Lipinski definition) is 5. The SMILES string of the molecule is O=C1NC(=O)/C(=C\c2ccc3occ(/C=C/C(=O)N4CCCC4)c3c2)S1. The molecule has 1 N–H and O–H groups in total. The summed E-state index contributed by atoms with van der Waals surface area (Å²) < 4.78 is 5.53. The van der Waals surface area contributed by atoms with Gasteiger partial charge in [0.25, 0.3) is 11.1 Å². The molecule has 0 radical (unpaired) electrons. The van der Waals surface area contributed by atoms with Gasteiger partial charge >= 0.3 is 0 Å². The highest BCUT2D eigenvalue weighted by Gasteiger charge is 2.25. The molecule has 2 aliphatic rings. The molecule has 0 spiro atoms. The van der Waals surface area contributed by atoms with Crippen molar-refractivity contribution in [3.05, 3.63) is 46.6 Å². The van der Waals surface area contributed by atoms with Crippen LogP contribution in [0.2, 0.25) is 0 Å². The molecule has 0 atom stereocenters. The van der Waals surface area contributed by atoms with E-state index in [9.17, 15) is 14.4 Å². The molecule has 0 unspecified atom stereocenters. The van der Waals surface area contributed by atoms with Crippen molar-refractivity contribution in [3.8, 4) is 0 Å². The Labute approximate surface area is 153 Å². The molecule has 1 aromatic carbocycles. The molecule has 2 aromatic rings. The van der Waals surface area contributed by atoms with E-state index in [1.165, 1.54) is 0 Å². The number of rotatable bonds is 3. The Balaban J connectivity index is 1.60. The van der Waals surface area contributed by atoms with Gasteiger partial charge in [0.2, 0.25) is 5.91 Å². The molecule has 0 bridgehead atoms. The van der Waals surface area contributed by atoms with Crippen LogP contribution < -0.4 is 5.32 Å². The number of fused-ring (bicyclic) bond motifs is 1. The van der Waals surface area contributed by atoms with Gasteiger partial charge in [0.15, 0.2) is 0 Å². The first kappa shape index (κ1) is 16.7. The Kier molecular flexibility index (Phi) is 4.38. The molecule has 2 fully saturated rings. The predicted molar refractivity (Wildman–Crippen MR) is 100 cm³/mol. The minimum Gasteiger partial charge on any atom is -0.464 e. The third kappa shape index (κ3) is 3.30. The lowest BCUT2D eigenvalue weighted by atomic mass is 10.1. The van der Waals surface area contributed by atoms with Crippen LogP contribution in [0.15, 0.2) is 39.9 Å². The van der Waals surface area contributed by atoms with E-state index >= 15 is 0 Å². The van der Waals surface area contributed by atoms with Crippen LogP contribution in [0.1, 0.15) is 24.0 Å². The number of nitrogens with zero attached hydrogens (tertiary/aromatic N) is 1. The topological polar surface area (TPSA) is 79.6 Å². The number of hydrogen-bond donors (Lipinski definition) is 1. The molecule has 7 heteroatoms. The lowest BCUT2D eigenvalue weighted by Gasteiger charge is -2.11. The zero-order valence-electron chi connectivity index (χ0n) is 13.9. The summed E-state index contributed by atoms with van der Waals surface area (Å²) in [6.45, 7) is 1.62. The summed E-state index contributed by atoms with van der Waals surface area (Å²) in [4.78, 5) is 37.3. The van der Waals surface area contributed by atoms with Gasteiger partial charge in [0, 0.05) is 30.1 Å². The van der Waals surface area contributed by atoms with E-state index in [0.717, 1.165) is 54.2 Å². The second-order valence-electron chi connectivity index (χ2n) is 6.16. The first-order valence-corrected chi connectivity index (χ1v) is 9.15. The molecular weight excluding hydrogens is 352 g/mol. The Morgan fingerprint density at radius 2 is 2.04 bits per heavy atom. The third-order valence-electron chi connectivity index (χ3n) is 4.39. The largest absolute Gasteiger partial charge is 0.464 e. The van der Waals surface area contributed by atoms with E-state index in [4.69, 9.17) is 4.42 Å². The predicted octanol–water partition coefficient (Wildman–Crippen LogP) is 3.39. The average molecular weight is 368 g/mol. The van der Waals surface area contributed by atoms with Crippen molar-refractivity contribution in [1.82, 2.24) is 10.2 Å². The van der Waals surface area contributed by atoms with Gasteiger partial charge in [-0.2, -0.15) is 0 Å². The van der Waals surface area contributed by atoms with Crippen molar-refractivity contribution in [3.63, 3.8) is 0 Å². The van der Waals surface area contributed by atoms with Gasteiger partial charge in [-0.1, -0.05) is 6.07 Å². The number of amides is 3. The van der Waals surface area contributed by atoms with Crippen LogP contribution in [0.3, 0.4) is 0 Å². The van der Waals surface area contributed by atoms with E-state index in [0.29, 0.717) is 10.5 Å². The fourth-order valence-corrected chi connectivity index (χ4v) is 3.74. The van der Waals surface area contributed by atoms with Crippen LogP contribution in [-0.2, 0) is 9.59 Å². The molecule has 4 rings (SSSR count). The van der Waals surface area contributed by atoms with E-state index < -0.39 is 0 Å². The molecule has 3 amide bonds. The highest BCUT2D eigenvalue weighted by Crippen LogP contribution is 2.28. The van der Waals surface area contributed by atoms with E-state index in [2.05, 4.69) is 5.32 Å². The lowest BCUT2D eigenvalue weighted by Crippen LogP contribution is -2.25. The number of nitrogens with one attached hydrogen (secondary N) is 1. The Hall–Kier alpha value is -2.80. The summed E-state index contributed by atoms with van der Waals surface area (Å²) in [6.07, 6.45) is 8.71. The Morgan fingerprint density at radius 1 is 1.23 bits per heavy atom. The van der Waals surface area contributed by atoms with Crippen LogP contribution >= 0.6 is 11.8 Å². The Bertz CT molecular complexity index is 967. The van der Waals surface area contributed by atoms with E-state index in [1.807, 2.05) is 17.0 Å². The van der Waals surface area contributed by atoms with Crippen LogP contribution in [0.4, 0.5) is 4.79 Å². The normalized spacial score (nSPS) is 19.2. The van der Waals surface area contributed by atoms with Gasteiger partial charge in [-0.05, 0) is 54.5 Å². The number of carbonyl (C=O) groups excluding carboxylic acids is 3. The maximum atomic E-state index is 12.2. The average Bonchev–Trinajstić information content (AvgIpc) is 3.34. The quantitative estimate of drug-likeness (QED) is 0.840. The molecule has 132 valence electrons. The molecule has 2 aliphatic heterocycles. The molecule has 0 saturated carbocycles. The van der Waals surface area contributed by atoms with Gasteiger partial charge < -0.3 is 9.32 Å². The number of imide groups is 1. The van der Waals surface area contributed by atoms with Gasteiger partial charge in [-0.15, -0.1) is 0 Å². The molecule has 3 heterocycles. The fraction of sp³-hybridized carbons (Fsp3) is 0.211. The molecule has 2 saturated heterocycles. The summed E-state index contributed by atoms with van der Waals surface area (Å²) in [6, 6.07) is 5.50. The van der Waals surface area contributed by atoms with Crippen molar-refractivity contribution in [2.75, 3.05) is 13.1 Å². The monoisotopic (exact) mass is 368 g/mol. The van der Waals surface area contributed by atoms with E-state index in [-0.39, 0.29) is 17.1 Å². The standard InChI is InChI=1S/C19H16N2O4S/c22-17(21-7-1-2-8-21)6-4-13-11-25-15-5-3-12(9-14(13)15)10-16-18(23)20-19(24)26-16/h3-6,9-11H,1-2,7-8H2,(H,20,23,24)/b6-4+,16-10+. The highest BCUT2D eigenvalue weighted by atomic mass is 32.2. The van der Waals surface area contributed by atoms with Crippen molar-refractivity contribution >= 4 is 51.9 Å². The summed E-state index contributed by atoms with van der Waals surface area (Å²) >= 11 is 0.882. The zero-order valence-corrected chi connectivity index (χ0v) is 14.7. The van der Waals surface area contributed by atoms with Crippen molar-refractivity contribution in [1.29, 1.82) is 0 Å². The molecule has 1 aromatic heterocycles. The van der Waals surface area contributed by atoms with E-state index in [1.54, 1.807) is 30.6 Å². The van der Waals surface area contributed by atoms with Gasteiger partial charge in [0.05, 0.1) is 11.2 Å². The smallest absolute Gasteiger partial charge is 0.290 e. The molecular formula is C19H16N2O4S. The number of thioether (sulfide) groups is 1. The molecule has 0 aliphatic carbocycles. The summed E-state index contributed by atoms with van der Waals surface area (Å²) in [5.41, 5.74) is 2.28. The van der Waals surface area contributed by atoms with Crippen molar-refractivity contribution < 1.29 is 18.8 Å². The number of likely N-dealkylation sites (tertiary alicyclic amines) is 1. The van der Waals surface area contributed by atoms with Crippen LogP contribution in [0, 0.1) is 0 Å². The minimum absolute atomic E-state index is 0.00709. The van der Waals surface area contributed by atoms with Crippen LogP contribution in [0.5, 0.6) is 0 Å². The summed E-state index contributed by atoms with van der Waals surface area (Å²) in [5.74, 6) is -0.378. The summed E-state index contributed by atoms with van der Waals surface area (Å²) in [7, 11) is 0. The van der Waals surface area contributed by atoms with Crippen LogP contribution in [-0.4, -0.2) is 35.0 Å². The minimum atomic E-state index is -0.386. The van der Waals surface area contributed by atoms with Crippen molar-refractivity contribution in [2.24, 2.45) is 0 Å². The maximum Gasteiger partial charge on any atom is 0.290 e. The molecule has 26 heavy (non-hydrogen) atoms. The molecule has 6 nitrogen and oxygen atoms in total. The van der Waals surface area contributed by atoms with Crippen LogP contribution in [0.25, 0.3) is 23.1 Å². The van der Waals surface area contributed by atoms with Gasteiger partial charge in [-0.25, -0.2) is 0 Å². The summed E-state index contributed by atoms with van der Waals surface area (Å²) in [5, 5.41) is 2.72. The maximum absolute atomic E-state index is 12.2. The zero-order chi connectivity index (χ0) is 18.1. The third-order valence-corrected chi connectivity index (χ3v) is 5.20. The highest BCUT2D eigenvalue weighted by molar-refractivity contribution is 8.18. The Morgan fingerprint density at radius 3 is 2.77 bits per heavy atom. The fourth-order valence-electron chi connectivity index (χ4n) is 3.06. The van der Waals surface area contributed by atoms with Crippen molar-refractivity contribution in [2.45, 2.75) is 12.8 Å². The number of furan rings is 1. The number of benzene rings is 1. The first-order chi connectivity index (χ1) is 12.6. The second kappa shape index (κ2) is 6.84.